The zero-order valence-electron chi connectivity index (χ0n) is 21.4. The van der Waals surface area contributed by atoms with Crippen LogP contribution in [0.3, 0.4) is 0 Å². The Balaban J connectivity index is 1.48. The average molecular weight is 585 g/mol. The Morgan fingerprint density at radius 2 is 1.20 bits per heavy atom. The largest absolute Gasteiger partial charge is 0.507 e. The van der Waals surface area contributed by atoms with E-state index in [2.05, 4.69) is 0 Å². The number of aliphatic hydroxyl groups is 8. The van der Waals surface area contributed by atoms with Gasteiger partial charge in [0, 0.05) is 5.56 Å². The Hall–Kier alpha value is -3.09. The van der Waals surface area contributed by atoms with Crippen LogP contribution in [0.1, 0.15) is 15.9 Å². The Kier molecular flexibility index (Phi) is 9.98. The van der Waals surface area contributed by atoms with E-state index in [1.54, 1.807) is 12.1 Å². The van der Waals surface area contributed by atoms with Gasteiger partial charge in [0.05, 0.1) is 13.2 Å². The Morgan fingerprint density at radius 1 is 0.683 bits per heavy atom. The molecule has 0 aliphatic carbocycles. The van der Waals surface area contributed by atoms with Crippen LogP contribution in [0.25, 0.3) is 0 Å². The molecule has 15 heteroatoms. The normalized spacial score (nSPS) is 33.7. The van der Waals surface area contributed by atoms with Gasteiger partial charge in [0.2, 0.25) is 12.6 Å². The van der Waals surface area contributed by atoms with E-state index in [4.69, 9.17) is 23.7 Å². The van der Waals surface area contributed by atoms with Crippen LogP contribution in [-0.2, 0) is 20.8 Å². The van der Waals surface area contributed by atoms with Gasteiger partial charge in [-0.05, 0) is 18.2 Å². The first kappa shape index (κ1) is 30.9. The van der Waals surface area contributed by atoms with Crippen molar-refractivity contribution in [1.29, 1.82) is 0 Å². The van der Waals surface area contributed by atoms with Gasteiger partial charge >= 0.3 is 5.97 Å². The third kappa shape index (κ3) is 6.54. The van der Waals surface area contributed by atoms with Gasteiger partial charge in [-0.3, -0.25) is 0 Å². The van der Waals surface area contributed by atoms with Crippen LogP contribution in [0.5, 0.6) is 17.2 Å². The molecule has 0 saturated carbocycles. The minimum absolute atomic E-state index is 0.0692. The lowest BCUT2D eigenvalue weighted by molar-refractivity contribution is -0.277. The number of hydrogen-bond donors (Lipinski definition) is 9. The van der Waals surface area contributed by atoms with Gasteiger partial charge in [-0.2, -0.15) is 0 Å². The number of hydrogen-bond acceptors (Lipinski definition) is 15. The van der Waals surface area contributed by atoms with Gasteiger partial charge in [-0.15, -0.1) is 0 Å². The summed E-state index contributed by atoms with van der Waals surface area (Å²) in [4.78, 5) is 13.0. The van der Waals surface area contributed by atoms with Gasteiger partial charge in [0.1, 0.15) is 78.3 Å². The number of phenolic OH excluding ortho intramolecular Hbond substituents is 1. The summed E-state index contributed by atoms with van der Waals surface area (Å²) in [6, 6.07) is 9.90. The minimum atomic E-state index is -1.77. The third-order valence-corrected chi connectivity index (χ3v) is 6.72. The molecule has 2 aromatic rings. The van der Waals surface area contributed by atoms with E-state index in [1.807, 2.05) is 0 Å². The topological polar surface area (TPSA) is 245 Å². The zero-order chi connectivity index (χ0) is 29.8. The van der Waals surface area contributed by atoms with Crippen LogP contribution < -0.4 is 9.47 Å². The standard InChI is InChI=1S/C26H32O15/c27-8-15-18(30)20(32)22(34)25(40-15)38-13-6-2-1-4-11(13)10-37-24(36)17-12(29)5-3-7-14(17)39-26-23(35)21(33)19(31)16(9-28)41-26/h1-7,15-16,18-23,25-35H,8-10H2/t15-,16-,18-,19-,20+,21+,22-,23-,25-,26-/m1/s1. The summed E-state index contributed by atoms with van der Waals surface area (Å²) in [5.41, 5.74) is -0.193. The average Bonchev–Trinajstić information content (AvgIpc) is 2.97. The van der Waals surface area contributed by atoms with Crippen molar-refractivity contribution in [2.75, 3.05) is 13.2 Å². The van der Waals surface area contributed by atoms with Crippen molar-refractivity contribution in [3.05, 3.63) is 53.6 Å². The fraction of sp³-hybridized carbons (Fsp3) is 0.500. The number of para-hydroxylation sites is 1. The van der Waals surface area contributed by atoms with E-state index in [9.17, 15) is 50.8 Å². The van der Waals surface area contributed by atoms with E-state index >= 15 is 0 Å². The van der Waals surface area contributed by atoms with E-state index in [-0.39, 0.29) is 17.1 Å². The van der Waals surface area contributed by atoms with Crippen molar-refractivity contribution < 1.29 is 74.4 Å². The zero-order valence-corrected chi connectivity index (χ0v) is 21.4. The van der Waals surface area contributed by atoms with Crippen LogP contribution in [-0.4, -0.2) is 127 Å². The van der Waals surface area contributed by atoms with Crippen LogP contribution in [0.2, 0.25) is 0 Å². The van der Waals surface area contributed by atoms with Crippen LogP contribution >= 0.6 is 0 Å². The van der Waals surface area contributed by atoms with Crippen molar-refractivity contribution in [1.82, 2.24) is 0 Å². The third-order valence-electron chi connectivity index (χ3n) is 6.72. The lowest BCUT2D eigenvalue weighted by Crippen LogP contribution is -2.60. The molecule has 0 unspecified atom stereocenters. The molecule has 2 aromatic carbocycles. The molecule has 4 rings (SSSR count). The van der Waals surface area contributed by atoms with Gasteiger partial charge in [0.25, 0.3) is 0 Å². The number of ether oxygens (including phenoxy) is 5. The van der Waals surface area contributed by atoms with E-state index in [0.717, 1.165) is 0 Å². The first-order valence-electron chi connectivity index (χ1n) is 12.6. The Labute approximate surface area is 232 Å². The SMILES string of the molecule is O=C(OCc1ccccc1O[C@@H]1O[C@H](CO)[C@@H](O)[C@H](O)[C@H]1O)c1c(O)cccc1O[C@@H]1O[C@H](CO)[C@@H](O)[C@H](O)[C@H]1O. The summed E-state index contributed by atoms with van der Waals surface area (Å²) >= 11 is 0. The van der Waals surface area contributed by atoms with E-state index in [0.29, 0.717) is 0 Å². The monoisotopic (exact) mass is 584 g/mol. The van der Waals surface area contributed by atoms with Crippen LogP contribution in [0, 0.1) is 0 Å². The number of benzene rings is 2. The maximum absolute atomic E-state index is 13.0. The van der Waals surface area contributed by atoms with Gasteiger partial charge in [-0.1, -0.05) is 24.3 Å². The maximum Gasteiger partial charge on any atom is 0.346 e. The molecule has 0 amide bonds. The summed E-state index contributed by atoms with van der Waals surface area (Å²) in [5.74, 6) is -1.86. The summed E-state index contributed by atoms with van der Waals surface area (Å²) in [7, 11) is 0. The van der Waals surface area contributed by atoms with Gasteiger partial charge < -0.3 is 69.6 Å². The predicted molar refractivity (Wildman–Crippen MR) is 132 cm³/mol. The number of aromatic hydroxyl groups is 1. The maximum atomic E-state index is 13.0. The molecule has 0 radical (unpaired) electrons. The molecule has 2 fully saturated rings. The second-order valence-electron chi connectivity index (χ2n) is 9.46. The first-order chi connectivity index (χ1) is 19.6. The van der Waals surface area contributed by atoms with E-state index in [1.165, 1.54) is 30.3 Å². The van der Waals surface area contributed by atoms with E-state index < -0.39 is 98.5 Å². The molecule has 9 N–H and O–H groups in total. The molecule has 2 heterocycles. The highest BCUT2D eigenvalue weighted by Crippen LogP contribution is 2.33. The van der Waals surface area contributed by atoms with Crippen molar-refractivity contribution in [2.45, 2.75) is 68.0 Å². The minimum Gasteiger partial charge on any atom is -0.507 e. The molecule has 0 aromatic heterocycles. The lowest BCUT2D eigenvalue weighted by atomic mass is 9.99. The van der Waals surface area contributed by atoms with Crippen LogP contribution in [0.15, 0.2) is 42.5 Å². The molecule has 2 aliphatic rings. The first-order valence-corrected chi connectivity index (χ1v) is 12.6. The highest BCUT2D eigenvalue weighted by molar-refractivity contribution is 5.95. The number of phenols is 1. The van der Waals surface area contributed by atoms with Crippen molar-refractivity contribution in [2.24, 2.45) is 0 Å². The lowest BCUT2D eigenvalue weighted by Gasteiger charge is -2.39. The molecule has 10 atom stereocenters. The smallest absolute Gasteiger partial charge is 0.346 e. The second-order valence-corrected chi connectivity index (χ2v) is 9.46. The molecule has 0 spiro atoms. The van der Waals surface area contributed by atoms with Crippen LogP contribution in [0.4, 0.5) is 0 Å². The molecule has 41 heavy (non-hydrogen) atoms. The van der Waals surface area contributed by atoms with Crippen molar-refractivity contribution in [3.63, 3.8) is 0 Å². The fourth-order valence-electron chi connectivity index (χ4n) is 4.36. The summed E-state index contributed by atoms with van der Waals surface area (Å²) in [6.07, 6.45) is -15.7. The number of rotatable bonds is 9. The number of carbonyl (C=O) groups is 1. The fourth-order valence-corrected chi connectivity index (χ4v) is 4.36. The highest BCUT2D eigenvalue weighted by Gasteiger charge is 2.46. The van der Waals surface area contributed by atoms with Crippen molar-refractivity contribution in [3.8, 4) is 17.2 Å². The molecule has 0 bridgehead atoms. The molecule has 226 valence electrons. The van der Waals surface area contributed by atoms with Gasteiger partial charge in [-0.25, -0.2) is 4.79 Å². The quantitative estimate of drug-likeness (QED) is 0.134. The van der Waals surface area contributed by atoms with Crippen molar-refractivity contribution >= 4 is 5.97 Å². The highest BCUT2D eigenvalue weighted by atomic mass is 16.7. The molecule has 2 saturated heterocycles. The molecular weight excluding hydrogens is 552 g/mol. The summed E-state index contributed by atoms with van der Waals surface area (Å²) in [5, 5.41) is 89.7. The molecule has 15 nitrogen and oxygen atoms in total. The number of esters is 1. The second kappa shape index (κ2) is 13.3. The number of aliphatic hydroxyl groups excluding tert-OH is 8. The molecular formula is C26H32O15. The summed E-state index contributed by atoms with van der Waals surface area (Å²) < 4.78 is 27.2. The number of carbonyl (C=O) groups excluding carboxylic acids is 1. The van der Waals surface area contributed by atoms with Gasteiger partial charge in [0.15, 0.2) is 0 Å². The predicted octanol–water partition coefficient (Wildman–Crippen LogP) is -2.89. The Morgan fingerprint density at radius 3 is 1.76 bits per heavy atom. The Bertz CT molecular complexity index is 1170. The molecule has 2 aliphatic heterocycles. The summed E-state index contributed by atoms with van der Waals surface area (Å²) in [6.45, 7) is -1.79.